The topological polar surface area (TPSA) is 37.8 Å². The van der Waals surface area contributed by atoms with Crippen LogP contribution in [-0.2, 0) is 0 Å². The number of hydrogen-bond acceptors (Lipinski definition) is 4. The van der Waals surface area contributed by atoms with Crippen LogP contribution < -0.4 is 5.32 Å². The third-order valence-corrected chi connectivity index (χ3v) is 5.76. The molecular weight excluding hydrogens is 450 g/mol. The minimum atomic E-state index is 0.811. The molecule has 0 saturated heterocycles. The Morgan fingerprint density at radius 2 is 1.71 bits per heavy atom. The first-order chi connectivity index (χ1) is 11.7. The van der Waals surface area contributed by atoms with Gasteiger partial charge < -0.3 is 5.32 Å². The molecule has 0 amide bonds. The van der Waals surface area contributed by atoms with Crippen LogP contribution in [0.25, 0.3) is 21.3 Å². The van der Waals surface area contributed by atoms with E-state index in [1.165, 1.54) is 0 Å². The summed E-state index contributed by atoms with van der Waals surface area (Å²) in [6.07, 6.45) is 1.60. The van der Waals surface area contributed by atoms with Gasteiger partial charge in [0, 0.05) is 19.9 Å². The summed E-state index contributed by atoms with van der Waals surface area (Å²) in [6, 6.07) is 16.3. The van der Waals surface area contributed by atoms with Gasteiger partial charge in [0.2, 0.25) is 0 Å². The van der Waals surface area contributed by atoms with Crippen molar-refractivity contribution in [3.8, 4) is 11.1 Å². The largest absolute Gasteiger partial charge is 0.339 e. The van der Waals surface area contributed by atoms with Gasteiger partial charge in [-0.15, -0.1) is 11.3 Å². The van der Waals surface area contributed by atoms with E-state index < -0.39 is 0 Å². The molecule has 24 heavy (non-hydrogen) atoms. The fourth-order valence-electron chi connectivity index (χ4n) is 2.50. The zero-order chi connectivity index (χ0) is 16.5. The molecule has 2 heterocycles. The number of hydrogen-bond donors (Lipinski definition) is 1. The predicted octanol–water partition coefficient (Wildman–Crippen LogP) is 6.63. The number of fused-ring (bicyclic) bond motifs is 1. The minimum Gasteiger partial charge on any atom is -0.339 e. The van der Waals surface area contributed by atoms with Gasteiger partial charge in [-0.05, 0) is 45.8 Å². The van der Waals surface area contributed by atoms with Crippen LogP contribution in [0.4, 0.5) is 11.5 Å². The molecule has 0 aliphatic rings. The van der Waals surface area contributed by atoms with Crippen LogP contribution in [0.5, 0.6) is 0 Å². The lowest BCUT2D eigenvalue weighted by Gasteiger charge is -2.10. The molecule has 6 heteroatoms. The second kappa shape index (κ2) is 6.63. The highest BCUT2D eigenvalue weighted by Gasteiger charge is 2.14. The van der Waals surface area contributed by atoms with E-state index in [0.717, 1.165) is 41.8 Å². The summed E-state index contributed by atoms with van der Waals surface area (Å²) in [5, 5.41) is 6.60. The summed E-state index contributed by atoms with van der Waals surface area (Å²) in [5.74, 6) is 0.811. The molecule has 0 fully saturated rings. The summed E-state index contributed by atoms with van der Waals surface area (Å²) < 4.78 is 2.06. The van der Waals surface area contributed by atoms with Crippen molar-refractivity contribution in [3.63, 3.8) is 0 Å². The van der Waals surface area contributed by atoms with Gasteiger partial charge in [0.1, 0.15) is 17.0 Å². The molecule has 0 spiro atoms. The average Bonchev–Trinajstić information content (AvgIpc) is 3.03. The van der Waals surface area contributed by atoms with Crippen LogP contribution in [0.3, 0.4) is 0 Å². The summed E-state index contributed by atoms with van der Waals surface area (Å²) in [5.41, 5.74) is 3.26. The number of para-hydroxylation sites is 1. The lowest BCUT2D eigenvalue weighted by Crippen LogP contribution is -1.96. The molecule has 0 radical (unpaired) electrons. The Morgan fingerprint density at radius 1 is 0.917 bits per heavy atom. The molecular formula is C18H11Br2N3S. The molecule has 0 aliphatic heterocycles. The van der Waals surface area contributed by atoms with E-state index in [-0.39, 0.29) is 0 Å². The summed E-state index contributed by atoms with van der Waals surface area (Å²) in [4.78, 5) is 9.86. The highest BCUT2D eigenvalue weighted by Crippen LogP contribution is 2.38. The number of anilines is 2. The van der Waals surface area contributed by atoms with E-state index in [1.54, 1.807) is 17.7 Å². The summed E-state index contributed by atoms with van der Waals surface area (Å²) in [6.45, 7) is 0. The lowest BCUT2D eigenvalue weighted by atomic mass is 10.1. The predicted molar refractivity (Wildman–Crippen MR) is 108 cm³/mol. The van der Waals surface area contributed by atoms with Crippen molar-refractivity contribution in [1.29, 1.82) is 0 Å². The molecule has 1 N–H and O–H groups in total. The zero-order valence-electron chi connectivity index (χ0n) is 12.3. The number of aromatic nitrogens is 2. The first kappa shape index (κ1) is 15.7. The Balaban J connectivity index is 1.86. The molecule has 3 nitrogen and oxygen atoms in total. The smallest absolute Gasteiger partial charge is 0.143 e. The molecule has 2 aromatic heterocycles. The number of thiophene rings is 1. The van der Waals surface area contributed by atoms with Crippen molar-refractivity contribution in [2.45, 2.75) is 0 Å². The Morgan fingerprint density at radius 3 is 2.50 bits per heavy atom. The Hall–Kier alpha value is -1.76. The van der Waals surface area contributed by atoms with Gasteiger partial charge in [-0.25, -0.2) is 9.97 Å². The van der Waals surface area contributed by atoms with Gasteiger partial charge in [0.05, 0.1) is 11.1 Å². The highest BCUT2D eigenvalue weighted by atomic mass is 79.9. The molecule has 2 aromatic carbocycles. The zero-order valence-corrected chi connectivity index (χ0v) is 16.3. The SMILES string of the molecule is Brc1ccc(-c2csc3ncnc(Nc4ccccc4Br)c23)cc1. The van der Waals surface area contributed by atoms with Crippen LogP contribution in [-0.4, -0.2) is 9.97 Å². The standard InChI is InChI=1S/C18H11Br2N3S/c19-12-7-5-11(6-8-12)13-9-24-18-16(13)17(21-10-22-18)23-15-4-2-1-3-14(15)20/h1-10H,(H,21,22,23). The van der Waals surface area contributed by atoms with Crippen LogP contribution in [0.15, 0.2) is 69.2 Å². The van der Waals surface area contributed by atoms with Crippen molar-refractivity contribution >= 4 is 64.9 Å². The van der Waals surface area contributed by atoms with Gasteiger partial charge in [0.15, 0.2) is 0 Å². The Kier molecular flexibility index (Phi) is 4.35. The number of nitrogens with zero attached hydrogens (tertiary/aromatic N) is 2. The van der Waals surface area contributed by atoms with Crippen molar-refractivity contribution in [2.75, 3.05) is 5.32 Å². The third kappa shape index (κ3) is 2.97. The molecule has 0 unspecified atom stereocenters. The molecule has 0 saturated carbocycles. The minimum absolute atomic E-state index is 0.811. The number of halogens is 2. The maximum atomic E-state index is 4.47. The normalized spacial score (nSPS) is 10.9. The molecule has 0 bridgehead atoms. The fourth-order valence-corrected chi connectivity index (χ4v) is 4.07. The fraction of sp³-hybridized carbons (Fsp3) is 0. The van der Waals surface area contributed by atoms with Crippen LogP contribution >= 0.6 is 43.2 Å². The third-order valence-electron chi connectivity index (χ3n) is 3.65. The average molecular weight is 461 g/mol. The van der Waals surface area contributed by atoms with E-state index in [0.29, 0.717) is 0 Å². The van der Waals surface area contributed by atoms with E-state index in [9.17, 15) is 0 Å². The van der Waals surface area contributed by atoms with E-state index in [1.807, 2.05) is 36.4 Å². The number of rotatable bonds is 3. The van der Waals surface area contributed by atoms with Gasteiger partial charge in [-0.2, -0.15) is 0 Å². The molecule has 0 atom stereocenters. The Bertz CT molecular complexity index is 1010. The number of nitrogens with one attached hydrogen (secondary N) is 1. The van der Waals surface area contributed by atoms with E-state index in [2.05, 4.69) is 64.7 Å². The second-order valence-electron chi connectivity index (χ2n) is 5.16. The second-order valence-corrected chi connectivity index (χ2v) is 7.79. The van der Waals surface area contributed by atoms with Gasteiger partial charge in [0.25, 0.3) is 0 Å². The van der Waals surface area contributed by atoms with Crippen LogP contribution in [0, 0.1) is 0 Å². The van der Waals surface area contributed by atoms with Crippen LogP contribution in [0.2, 0.25) is 0 Å². The summed E-state index contributed by atoms with van der Waals surface area (Å²) in [7, 11) is 0. The molecule has 4 aromatic rings. The number of benzene rings is 2. The maximum Gasteiger partial charge on any atom is 0.143 e. The van der Waals surface area contributed by atoms with E-state index >= 15 is 0 Å². The highest BCUT2D eigenvalue weighted by molar-refractivity contribution is 9.10. The van der Waals surface area contributed by atoms with Crippen LogP contribution in [0.1, 0.15) is 0 Å². The molecule has 0 aliphatic carbocycles. The van der Waals surface area contributed by atoms with Gasteiger partial charge in [-0.3, -0.25) is 0 Å². The maximum absolute atomic E-state index is 4.47. The van der Waals surface area contributed by atoms with Crippen molar-refractivity contribution < 1.29 is 0 Å². The van der Waals surface area contributed by atoms with Crippen molar-refractivity contribution in [1.82, 2.24) is 9.97 Å². The molecule has 4 rings (SSSR count). The Labute approximate surface area is 160 Å². The monoisotopic (exact) mass is 459 g/mol. The first-order valence-corrected chi connectivity index (χ1v) is 9.68. The van der Waals surface area contributed by atoms with Crippen molar-refractivity contribution in [2.24, 2.45) is 0 Å². The molecule has 118 valence electrons. The van der Waals surface area contributed by atoms with Crippen molar-refractivity contribution in [3.05, 3.63) is 69.2 Å². The van der Waals surface area contributed by atoms with E-state index in [4.69, 9.17) is 0 Å². The van der Waals surface area contributed by atoms with Gasteiger partial charge >= 0.3 is 0 Å². The quantitative estimate of drug-likeness (QED) is 0.373. The lowest BCUT2D eigenvalue weighted by molar-refractivity contribution is 1.23. The summed E-state index contributed by atoms with van der Waals surface area (Å²) >= 11 is 8.68. The van der Waals surface area contributed by atoms with Gasteiger partial charge in [-0.1, -0.05) is 40.2 Å². The first-order valence-electron chi connectivity index (χ1n) is 7.22.